The molecule has 4 aromatic rings. The fourth-order valence-electron chi connectivity index (χ4n) is 3.19. The fraction of sp³-hybridized carbons (Fsp3) is 0. The topological polar surface area (TPSA) is 72.8 Å². The van der Waals surface area contributed by atoms with E-state index in [1.165, 1.54) is 5.39 Å². The Balaban J connectivity index is 1.82. The van der Waals surface area contributed by atoms with E-state index < -0.39 is 5.03 Å². The van der Waals surface area contributed by atoms with Crippen LogP contribution < -0.4 is 0 Å². The number of nitrogens with zero attached hydrogens (tertiary/aromatic N) is 4. The molecule has 6 nitrogen and oxygen atoms in total. The molecule has 0 spiro atoms. The summed E-state index contributed by atoms with van der Waals surface area (Å²) in [5.74, 6) is 0. The molecule has 0 radical (unpaired) electrons. The largest absolute Gasteiger partial charge is 0.337 e. The minimum absolute atomic E-state index is 0.440. The normalized spacial score (nSPS) is 11.4. The van der Waals surface area contributed by atoms with Crippen molar-refractivity contribution >= 4 is 33.7 Å². The van der Waals surface area contributed by atoms with Crippen molar-refractivity contribution in [3.63, 3.8) is 0 Å². The number of rotatable bonds is 4. The van der Waals surface area contributed by atoms with Crippen molar-refractivity contribution in [3.8, 4) is 11.1 Å². The molecule has 6 heteroatoms. The average Bonchev–Trinajstić information content (AvgIpc) is 2.99. The van der Waals surface area contributed by atoms with E-state index in [4.69, 9.17) is 0 Å². The smallest absolute Gasteiger partial charge is 0.203 e. The molecule has 0 saturated carbocycles. The fourth-order valence-corrected chi connectivity index (χ4v) is 3.19. The van der Waals surface area contributed by atoms with Gasteiger partial charge in [0.05, 0.1) is 21.2 Å². The second-order valence-electron chi connectivity index (χ2n) is 5.78. The molecule has 4 rings (SSSR count). The molecule has 0 aliphatic rings. The maximum atomic E-state index is 10.3. The van der Waals surface area contributed by atoms with Gasteiger partial charge in [-0.25, -0.2) is 0 Å². The molecule has 26 heavy (non-hydrogen) atoms. The van der Waals surface area contributed by atoms with Crippen LogP contribution in [-0.2, 0) is 0 Å². The minimum Gasteiger partial charge on any atom is -0.337 e. The Morgan fingerprint density at radius 2 is 1.62 bits per heavy atom. The van der Waals surface area contributed by atoms with Gasteiger partial charge in [0.25, 0.3) is 0 Å². The quantitative estimate of drug-likeness (QED) is 0.265. The zero-order valence-corrected chi connectivity index (χ0v) is 13.7. The van der Waals surface area contributed by atoms with Gasteiger partial charge in [-0.1, -0.05) is 30.8 Å². The van der Waals surface area contributed by atoms with E-state index in [0.717, 1.165) is 27.5 Å². The molecule has 1 aromatic heterocycles. The number of para-hydroxylation sites is 1. The first kappa shape index (κ1) is 15.7. The highest BCUT2D eigenvalue weighted by atomic mass is 16.7. The van der Waals surface area contributed by atoms with Crippen molar-refractivity contribution in [2.75, 3.05) is 0 Å². The zero-order chi connectivity index (χ0) is 18.1. The zero-order valence-electron chi connectivity index (χ0n) is 13.7. The van der Waals surface area contributed by atoms with Crippen molar-refractivity contribution in [2.45, 2.75) is 0 Å². The van der Waals surface area contributed by atoms with Crippen LogP contribution in [0.2, 0.25) is 0 Å². The monoisotopic (exact) mass is 342 g/mol. The van der Waals surface area contributed by atoms with E-state index in [1.807, 2.05) is 30.5 Å². The summed E-state index contributed by atoms with van der Waals surface area (Å²) in [6, 6.07) is 21.7. The molecule has 126 valence electrons. The highest BCUT2D eigenvalue weighted by Gasteiger charge is 2.10. The molecule has 0 N–H and O–H groups in total. The van der Waals surface area contributed by atoms with Crippen molar-refractivity contribution in [1.29, 1.82) is 0 Å². The molecule has 0 aliphatic carbocycles. The van der Waals surface area contributed by atoms with Crippen molar-refractivity contribution in [3.05, 3.63) is 83.4 Å². The van der Waals surface area contributed by atoms with Crippen LogP contribution in [0.5, 0.6) is 0 Å². The van der Waals surface area contributed by atoms with Crippen LogP contribution in [0.25, 0.3) is 39.1 Å². The molecular weight excluding hydrogens is 328 g/mol. The van der Waals surface area contributed by atoms with Gasteiger partial charge in [0.2, 0.25) is 5.69 Å². The Labute approximate surface area is 148 Å². The molecule has 0 fully saturated rings. The Kier molecular flexibility index (Phi) is 3.78. The second-order valence-corrected chi connectivity index (χ2v) is 5.78. The molecule has 1 heterocycles. The lowest BCUT2D eigenvalue weighted by atomic mass is 10.0. The lowest BCUT2D eigenvalue weighted by molar-refractivity contribution is -0.493. The predicted molar refractivity (Wildman–Crippen MR) is 103 cm³/mol. The third-order valence-electron chi connectivity index (χ3n) is 4.33. The first-order chi connectivity index (χ1) is 12.7. The molecule has 0 amide bonds. The Morgan fingerprint density at radius 3 is 2.35 bits per heavy atom. The van der Waals surface area contributed by atoms with Crippen LogP contribution in [0, 0.1) is 10.1 Å². The average molecular weight is 342 g/mol. The summed E-state index contributed by atoms with van der Waals surface area (Å²) in [6.45, 7) is 3.92. The van der Waals surface area contributed by atoms with E-state index in [-0.39, 0.29) is 0 Å². The lowest BCUT2D eigenvalue weighted by Gasteiger charge is -2.03. The van der Waals surface area contributed by atoms with Gasteiger partial charge in [-0.3, -0.25) is 0 Å². The van der Waals surface area contributed by atoms with E-state index in [2.05, 4.69) is 51.8 Å². The van der Waals surface area contributed by atoms with E-state index >= 15 is 0 Å². The van der Waals surface area contributed by atoms with Crippen LogP contribution in [0.15, 0.2) is 83.6 Å². The van der Waals surface area contributed by atoms with Gasteiger partial charge < -0.3 is 14.7 Å². The predicted octanol–water partition coefficient (Wildman–Crippen LogP) is 5.84. The molecule has 0 bridgehead atoms. The number of aromatic nitrogens is 1. The van der Waals surface area contributed by atoms with Crippen molar-refractivity contribution in [1.82, 2.24) is 4.57 Å². The van der Waals surface area contributed by atoms with Gasteiger partial charge in [0.1, 0.15) is 0 Å². The van der Waals surface area contributed by atoms with Gasteiger partial charge in [-0.05, 0) is 53.6 Å². The number of hydrogen-bond acceptors (Lipinski definition) is 3. The van der Waals surface area contributed by atoms with Crippen LogP contribution >= 0.6 is 0 Å². The standard InChI is InChI=1S/C20H14N4O2/c1-2-23-19-6-4-3-5-17(19)18-13-15(9-12-20(18)23)14-7-10-16(11-8-14)21-22-24(25)26/h2-13H,1H2. The highest BCUT2D eigenvalue weighted by molar-refractivity contribution is 6.10. The summed E-state index contributed by atoms with van der Waals surface area (Å²) in [5, 5.41) is 18.2. The van der Waals surface area contributed by atoms with Crippen LogP contribution in [0.3, 0.4) is 0 Å². The van der Waals surface area contributed by atoms with Gasteiger partial charge in [-0.2, -0.15) is 0 Å². The Hall–Kier alpha value is -3.80. The Morgan fingerprint density at radius 1 is 0.923 bits per heavy atom. The maximum absolute atomic E-state index is 10.3. The number of nitro groups is 1. The number of benzene rings is 3. The van der Waals surface area contributed by atoms with Gasteiger partial charge >= 0.3 is 0 Å². The maximum Gasteiger partial charge on any atom is 0.203 e. The summed E-state index contributed by atoms with van der Waals surface area (Å²) < 4.78 is 2.08. The van der Waals surface area contributed by atoms with E-state index in [9.17, 15) is 10.1 Å². The third-order valence-corrected chi connectivity index (χ3v) is 4.33. The number of fused-ring (bicyclic) bond motifs is 3. The molecule has 0 atom stereocenters. The van der Waals surface area contributed by atoms with Crippen LogP contribution in [0.4, 0.5) is 5.69 Å². The van der Waals surface area contributed by atoms with E-state index in [0.29, 0.717) is 5.69 Å². The van der Waals surface area contributed by atoms with Gasteiger partial charge in [0.15, 0.2) is 5.22 Å². The first-order valence-electron chi connectivity index (χ1n) is 7.99. The van der Waals surface area contributed by atoms with Gasteiger partial charge in [0, 0.05) is 17.0 Å². The third kappa shape index (κ3) is 2.63. The molecular formula is C20H14N4O2. The SMILES string of the molecule is C=Cn1c2ccccc2c2cc(-c3ccc(N=N[N+](=O)[O-])cc3)ccc21. The summed E-state index contributed by atoms with van der Waals surface area (Å²) in [5.41, 5.74) is 4.71. The molecule has 0 aliphatic heterocycles. The highest BCUT2D eigenvalue weighted by Crippen LogP contribution is 2.33. The van der Waals surface area contributed by atoms with Crippen LogP contribution in [0.1, 0.15) is 0 Å². The molecule has 0 saturated heterocycles. The van der Waals surface area contributed by atoms with Crippen molar-refractivity contribution in [2.24, 2.45) is 10.3 Å². The second kappa shape index (κ2) is 6.25. The summed E-state index contributed by atoms with van der Waals surface area (Å²) in [4.78, 5) is 10.3. The van der Waals surface area contributed by atoms with E-state index in [1.54, 1.807) is 12.1 Å². The Bertz CT molecular complexity index is 1170. The molecule has 3 aromatic carbocycles. The summed E-state index contributed by atoms with van der Waals surface area (Å²) in [7, 11) is 0. The summed E-state index contributed by atoms with van der Waals surface area (Å²) in [6.07, 6.45) is 1.82. The van der Waals surface area contributed by atoms with Crippen molar-refractivity contribution < 1.29 is 5.03 Å². The minimum atomic E-state index is -0.822. The summed E-state index contributed by atoms with van der Waals surface area (Å²) >= 11 is 0. The molecule has 0 unspecified atom stereocenters. The first-order valence-corrected chi connectivity index (χ1v) is 7.99. The van der Waals surface area contributed by atoms with Crippen LogP contribution in [-0.4, -0.2) is 9.60 Å². The van der Waals surface area contributed by atoms with Gasteiger partial charge in [-0.15, -0.1) is 0 Å². The lowest BCUT2D eigenvalue weighted by Crippen LogP contribution is -1.84. The number of hydrogen-bond donors (Lipinski definition) is 0.